The van der Waals surface area contributed by atoms with Crippen LogP contribution >= 0.6 is 0 Å². The van der Waals surface area contributed by atoms with Crippen LogP contribution in [0.25, 0.3) is 11.4 Å². The van der Waals surface area contributed by atoms with Crippen LogP contribution < -0.4 is 10.9 Å². The molecule has 150 valence electrons. The van der Waals surface area contributed by atoms with Gasteiger partial charge >= 0.3 is 0 Å². The first-order valence-electron chi connectivity index (χ1n) is 9.27. The van der Waals surface area contributed by atoms with Gasteiger partial charge in [0.05, 0.1) is 0 Å². The second-order valence-corrected chi connectivity index (χ2v) is 6.64. The Hall–Kier alpha value is -3.32. The molecule has 0 saturated carbocycles. The maximum Gasteiger partial charge on any atom is 0.257 e. The van der Waals surface area contributed by atoms with Crippen molar-refractivity contribution in [3.63, 3.8) is 0 Å². The Bertz CT molecular complexity index is 1060. The molecule has 0 atom stereocenters. The van der Waals surface area contributed by atoms with Gasteiger partial charge in [-0.15, -0.1) is 0 Å². The summed E-state index contributed by atoms with van der Waals surface area (Å²) < 4.78 is 15.0. The maximum absolute atomic E-state index is 13.7. The molecule has 0 fully saturated rings. The van der Waals surface area contributed by atoms with Crippen LogP contribution in [0.5, 0.6) is 0 Å². The van der Waals surface area contributed by atoms with Crippen LogP contribution in [0.1, 0.15) is 16.8 Å². The highest BCUT2D eigenvalue weighted by atomic mass is 19.1. The molecule has 7 heteroatoms. The maximum atomic E-state index is 13.7. The quantitative estimate of drug-likeness (QED) is 0.642. The lowest BCUT2D eigenvalue weighted by Crippen LogP contribution is -2.35. The zero-order valence-corrected chi connectivity index (χ0v) is 16.1. The molecular weight excluding hydrogens is 373 g/mol. The van der Waals surface area contributed by atoms with Gasteiger partial charge in [-0.25, -0.2) is 9.37 Å². The number of hydrogen-bond acceptors (Lipinski definition) is 4. The molecule has 1 heterocycles. The van der Waals surface area contributed by atoms with Crippen molar-refractivity contribution in [1.29, 1.82) is 0 Å². The summed E-state index contributed by atoms with van der Waals surface area (Å²) in [6.45, 7) is 1.52. The lowest BCUT2D eigenvalue weighted by atomic mass is 10.1. The van der Waals surface area contributed by atoms with E-state index in [1.807, 2.05) is 30.3 Å². The molecule has 0 aliphatic heterocycles. The van der Waals surface area contributed by atoms with E-state index >= 15 is 0 Å². The van der Waals surface area contributed by atoms with Crippen LogP contribution in [0.2, 0.25) is 0 Å². The van der Waals surface area contributed by atoms with Gasteiger partial charge in [0.1, 0.15) is 18.2 Å². The minimum atomic E-state index is -0.464. The lowest BCUT2D eigenvalue weighted by molar-refractivity contribution is -0.121. The van der Waals surface area contributed by atoms with Gasteiger partial charge in [0.25, 0.3) is 5.56 Å². The van der Waals surface area contributed by atoms with E-state index in [2.05, 4.69) is 10.3 Å². The van der Waals surface area contributed by atoms with Gasteiger partial charge in [-0.05, 0) is 24.6 Å². The number of aliphatic hydroxyl groups excluding tert-OH is 1. The molecule has 1 aromatic heterocycles. The van der Waals surface area contributed by atoms with Gasteiger partial charge in [0.15, 0.2) is 0 Å². The first kappa shape index (κ1) is 20.4. The minimum Gasteiger partial charge on any atom is -0.396 e. The molecule has 0 bridgehead atoms. The number of benzene rings is 2. The zero-order valence-electron chi connectivity index (χ0n) is 16.1. The molecule has 0 aliphatic carbocycles. The highest BCUT2D eigenvalue weighted by Crippen LogP contribution is 2.18. The summed E-state index contributed by atoms with van der Waals surface area (Å²) >= 11 is 0. The highest BCUT2D eigenvalue weighted by Gasteiger charge is 2.18. The Morgan fingerprint density at radius 3 is 2.62 bits per heavy atom. The molecule has 29 heavy (non-hydrogen) atoms. The number of amides is 1. The smallest absolute Gasteiger partial charge is 0.257 e. The third-order valence-electron chi connectivity index (χ3n) is 4.55. The zero-order chi connectivity index (χ0) is 20.8. The highest BCUT2D eigenvalue weighted by molar-refractivity contribution is 5.76. The Balaban J connectivity index is 1.95. The van der Waals surface area contributed by atoms with E-state index in [9.17, 15) is 19.1 Å². The van der Waals surface area contributed by atoms with Crippen LogP contribution in [0, 0.1) is 12.7 Å². The van der Waals surface area contributed by atoms with Crippen molar-refractivity contribution >= 4 is 5.91 Å². The number of halogens is 1. The summed E-state index contributed by atoms with van der Waals surface area (Å²) in [7, 11) is 0. The fourth-order valence-corrected chi connectivity index (χ4v) is 3.09. The van der Waals surface area contributed by atoms with Crippen LogP contribution in [0.3, 0.4) is 0 Å². The fourth-order valence-electron chi connectivity index (χ4n) is 3.09. The van der Waals surface area contributed by atoms with Crippen molar-refractivity contribution in [2.45, 2.75) is 26.4 Å². The third-order valence-corrected chi connectivity index (χ3v) is 4.55. The number of aliphatic hydroxyl groups is 1. The van der Waals surface area contributed by atoms with E-state index in [1.54, 1.807) is 13.0 Å². The number of carbonyl (C=O) groups excluding carboxylic acids is 1. The van der Waals surface area contributed by atoms with Gasteiger partial charge in [-0.1, -0.05) is 42.5 Å². The standard InChI is InChI=1S/C22H22FN3O3/c1-15-19(10-11-27)22(29)26(21(25-15)17-8-5-9-18(23)12-17)14-20(28)24-13-16-6-3-2-4-7-16/h2-9,12,27H,10-11,13-14H2,1H3,(H,24,28). The normalized spacial score (nSPS) is 10.7. The van der Waals surface area contributed by atoms with E-state index in [0.29, 0.717) is 23.4 Å². The van der Waals surface area contributed by atoms with Crippen molar-refractivity contribution in [2.24, 2.45) is 0 Å². The van der Waals surface area contributed by atoms with E-state index in [4.69, 9.17) is 0 Å². The monoisotopic (exact) mass is 395 g/mol. The molecule has 0 radical (unpaired) electrons. The topological polar surface area (TPSA) is 84.2 Å². The second-order valence-electron chi connectivity index (χ2n) is 6.64. The average molecular weight is 395 g/mol. The molecule has 0 spiro atoms. The Kier molecular flexibility index (Phi) is 6.51. The van der Waals surface area contributed by atoms with Crippen molar-refractivity contribution in [2.75, 3.05) is 6.61 Å². The summed E-state index contributed by atoms with van der Waals surface area (Å²) in [4.78, 5) is 30.0. The molecule has 2 aromatic carbocycles. The number of rotatable bonds is 7. The molecule has 0 unspecified atom stereocenters. The summed E-state index contributed by atoms with van der Waals surface area (Å²) in [6, 6.07) is 15.1. The number of aromatic nitrogens is 2. The number of hydrogen-bond donors (Lipinski definition) is 2. The van der Waals surface area contributed by atoms with E-state index in [-0.39, 0.29) is 31.3 Å². The van der Waals surface area contributed by atoms with Crippen LogP contribution in [0.15, 0.2) is 59.4 Å². The first-order chi connectivity index (χ1) is 14.0. The first-order valence-corrected chi connectivity index (χ1v) is 9.27. The van der Waals surface area contributed by atoms with E-state index in [0.717, 1.165) is 5.56 Å². The summed E-state index contributed by atoms with van der Waals surface area (Å²) in [5, 5.41) is 12.1. The van der Waals surface area contributed by atoms with Crippen LogP contribution in [-0.4, -0.2) is 27.2 Å². The van der Waals surface area contributed by atoms with E-state index in [1.165, 1.54) is 22.8 Å². The molecule has 3 aromatic rings. The predicted molar refractivity (Wildman–Crippen MR) is 108 cm³/mol. The Labute approximate surface area is 167 Å². The van der Waals surface area contributed by atoms with Crippen molar-refractivity contribution in [1.82, 2.24) is 14.9 Å². The van der Waals surface area contributed by atoms with Gasteiger partial charge < -0.3 is 10.4 Å². The summed E-state index contributed by atoms with van der Waals surface area (Å²) in [5.74, 6) is -0.619. The Morgan fingerprint density at radius 1 is 1.17 bits per heavy atom. The second kappa shape index (κ2) is 9.25. The average Bonchev–Trinajstić information content (AvgIpc) is 2.72. The number of nitrogens with zero attached hydrogens (tertiary/aromatic N) is 2. The van der Waals surface area contributed by atoms with Crippen LogP contribution in [0.4, 0.5) is 4.39 Å². The Morgan fingerprint density at radius 2 is 1.93 bits per heavy atom. The molecular formula is C22H22FN3O3. The number of carbonyl (C=O) groups is 1. The number of nitrogens with one attached hydrogen (secondary N) is 1. The molecule has 0 saturated heterocycles. The van der Waals surface area contributed by atoms with E-state index < -0.39 is 11.4 Å². The lowest BCUT2D eigenvalue weighted by Gasteiger charge is -2.16. The molecule has 0 aliphatic rings. The van der Waals surface area contributed by atoms with Gasteiger partial charge in [0.2, 0.25) is 5.91 Å². The van der Waals surface area contributed by atoms with Gasteiger partial charge in [-0.2, -0.15) is 0 Å². The molecule has 1 amide bonds. The fraction of sp³-hybridized carbons (Fsp3) is 0.227. The molecule has 3 rings (SSSR count). The van der Waals surface area contributed by atoms with Crippen LogP contribution in [-0.2, 0) is 24.3 Å². The molecule has 2 N–H and O–H groups in total. The summed E-state index contributed by atoms with van der Waals surface area (Å²) in [5.41, 5.74) is 1.70. The van der Waals surface area contributed by atoms with Crippen molar-refractivity contribution < 1.29 is 14.3 Å². The molecule has 6 nitrogen and oxygen atoms in total. The predicted octanol–water partition coefficient (Wildman–Crippen LogP) is 2.21. The van der Waals surface area contributed by atoms with Gasteiger partial charge in [0, 0.05) is 36.4 Å². The van der Waals surface area contributed by atoms with Crippen molar-refractivity contribution in [3.05, 3.63) is 87.6 Å². The SMILES string of the molecule is Cc1nc(-c2cccc(F)c2)n(CC(=O)NCc2ccccc2)c(=O)c1CCO. The minimum absolute atomic E-state index is 0.132. The largest absolute Gasteiger partial charge is 0.396 e. The summed E-state index contributed by atoms with van der Waals surface area (Å²) in [6.07, 6.45) is 0.132. The van der Waals surface area contributed by atoms with Crippen molar-refractivity contribution in [3.8, 4) is 11.4 Å². The van der Waals surface area contributed by atoms with Gasteiger partial charge in [-0.3, -0.25) is 14.2 Å². The third kappa shape index (κ3) is 4.94. The number of aryl methyl sites for hydroxylation is 1.